The quantitative estimate of drug-likeness (QED) is 0.480. The predicted octanol–water partition coefficient (Wildman–Crippen LogP) is 1.52. The molecule has 2 rings (SSSR count). The minimum absolute atomic E-state index is 0.207. The minimum Gasteiger partial charge on any atom is -0.481 e. The van der Waals surface area contributed by atoms with Crippen LogP contribution in [0.4, 0.5) is 0 Å². The van der Waals surface area contributed by atoms with Crippen LogP contribution in [0.3, 0.4) is 0 Å². The van der Waals surface area contributed by atoms with Crippen LogP contribution in [-0.4, -0.2) is 33.4 Å². The first-order valence-electron chi connectivity index (χ1n) is 6.79. The molecular weight excluding hydrogens is 248 g/mol. The third-order valence-corrected chi connectivity index (χ3v) is 4.39. The van der Waals surface area contributed by atoms with Gasteiger partial charge in [-0.25, -0.2) is 0 Å². The Balaban J connectivity index is 1.75. The van der Waals surface area contributed by atoms with Crippen molar-refractivity contribution >= 4 is 11.9 Å². The Morgan fingerprint density at radius 3 is 2.32 bits per heavy atom. The summed E-state index contributed by atoms with van der Waals surface area (Å²) in [4.78, 5) is 21.5. The molecule has 0 aromatic rings. The summed E-state index contributed by atoms with van der Waals surface area (Å²) in [5.74, 6) is -2.42. The highest BCUT2D eigenvalue weighted by Gasteiger charge is 2.36. The molecule has 2 bridgehead atoms. The number of carbonyl (C=O) groups is 2. The third-order valence-electron chi connectivity index (χ3n) is 4.39. The monoisotopic (exact) mass is 268 g/mol. The van der Waals surface area contributed by atoms with Crippen molar-refractivity contribution in [2.75, 3.05) is 0 Å². The molecule has 0 aliphatic heterocycles. The number of allylic oxidation sites excluding steroid dienone is 2. The van der Waals surface area contributed by atoms with Crippen LogP contribution in [0.5, 0.6) is 0 Å². The SMILES string of the molecule is O=C(O)C(CC(O)CCC1C[C@H]2C=C[C@@H]1C2)C(=O)O. The molecule has 0 radical (unpaired) electrons. The van der Waals surface area contributed by atoms with Gasteiger partial charge < -0.3 is 15.3 Å². The molecule has 0 heterocycles. The van der Waals surface area contributed by atoms with Crippen molar-refractivity contribution in [2.45, 2.75) is 38.2 Å². The molecule has 0 amide bonds. The zero-order valence-corrected chi connectivity index (χ0v) is 10.7. The highest BCUT2D eigenvalue weighted by molar-refractivity contribution is 5.92. The molecule has 1 saturated carbocycles. The summed E-state index contributed by atoms with van der Waals surface area (Å²) in [6.07, 6.45) is 7.12. The second-order valence-corrected chi connectivity index (χ2v) is 5.74. The Labute approximate surface area is 111 Å². The lowest BCUT2D eigenvalue weighted by atomic mass is 9.87. The second-order valence-electron chi connectivity index (χ2n) is 5.74. The van der Waals surface area contributed by atoms with E-state index in [9.17, 15) is 14.7 Å². The number of aliphatic carboxylic acids is 2. The summed E-state index contributed by atoms with van der Waals surface area (Å²) in [6.45, 7) is 0. The number of rotatable bonds is 7. The summed E-state index contributed by atoms with van der Waals surface area (Å²) >= 11 is 0. The molecule has 0 aromatic carbocycles. The molecule has 4 atom stereocenters. The van der Waals surface area contributed by atoms with Crippen LogP contribution in [-0.2, 0) is 9.59 Å². The highest BCUT2D eigenvalue weighted by atomic mass is 16.4. The topological polar surface area (TPSA) is 94.8 Å². The Morgan fingerprint density at radius 2 is 1.84 bits per heavy atom. The maximum absolute atomic E-state index is 10.7. The normalized spacial score (nSPS) is 29.9. The van der Waals surface area contributed by atoms with Crippen molar-refractivity contribution in [1.29, 1.82) is 0 Å². The van der Waals surface area contributed by atoms with Crippen molar-refractivity contribution in [1.82, 2.24) is 0 Å². The second kappa shape index (κ2) is 5.74. The molecule has 0 spiro atoms. The van der Waals surface area contributed by atoms with Crippen molar-refractivity contribution < 1.29 is 24.9 Å². The molecule has 5 nitrogen and oxygen atoms in total. The Hall–Kier alpha value is -1.36. The van der Waals surface area contributed by atoms with Crippen LogP contribution >= 0.6 is 0 Å². The van der Waals surface area contributed by atoms with E-state index < -0.39 is 24.0 Å². The standard InChI is InChI=1S/C14H20O5/c15-11(7-12(13(16)17)14(18)19)4-3-10-6-8-1-2-9(10)5-8/h1-2,8-12,15H,3-7H2,(H,16,17)(H,18,19)/t8-,9+,10?,11?/m0/s1. The molecule has 1 fully saturated rings. The van der Waals surface area contributed by atoms with E-state index >= 15 is 0 Å². The molecular formula is C14H20O5. The largest absolute Gasteiger partial charge is 0.481 e. The maximum atomic E-state index is 10.7. The van der Waals surface area contributed by atoms with Crippen LogP contribution in [0.1, 0.15) is 32.1 Å². The summed E-state index contributed by atoms with van der Waals surface area (Å²) in [5.41, 5.74) is 0. The van der Waals surface area contributed by atoms with Gasteiger partial charge >= 0.3 is 11.9 Å². The van der Waals surface area contributed by atoms with E-state index in [1.807, 2.05) is 0 Å². The van der Waals surface area contributed by atoms with Gasteiger partial charge in [-0.2, -0.15) is 0 Å². The number of fused-ring (bicyclic) bond motifs is 2. The zero-order valence-electron chi connectivity index (χ0n) is 10.7. The fourth-order valence-corrected chi connectivity index (χ4v) is 3.33. The highest BCUT2D eigenvalue weighted by Crippen LogP contribution is 2.45. The van der Waals surface area contributed by atoms with Crippen molar-refractivity contribution in [3.63, 3.8) is 0 Å². The van der Waals surface area contributed by atoms with Crippen LogP contribution in [0, 0.1) is 23.7 Å². The molecule has 19 heavy (non-hydrogen) atoms. The molecule has 0 saturated heterocycles. The van der Waals surface area contributed by atoms with Gasteiger partial charge in [-0.05, 0) is 49.9 Å². The van der Waals surface area contributed by atoms with Gasteiger partial charge in [-0.15, -0.1) is 0 Å². The lowest BCUT2D eigenvalue weighted by Crippen LogP contribution is -2.28. The fraction of sp³-hybridized carbons (Fsp3) is 0.714. The lowest BCUT2D eigenvalue weighted by Gasteiger charge is -2.20. The van der Waals surface area contributed by atoms with Crippen LogP contribution < -0.4 is 0 Å². The van der Waals surface area contributed by atoms with Crippen LogP contribution in [0.25, 0.3) is 0 Å². The van der Waals surface area contributed by atoms with E-state index in [0.717, 1.165) is 12.8 Å². The molecule has 5 heteroatoms. The third kappa shape index (κ3) is 3.35. The number of aliphatic hydroxyl groups excluding tert-OH is 1. The summed E-state index contributed by atoms with van der Waals surface area (Å²) in [6, 6.07) is 0. The molecule has 2 aliphatic rings. The van der Waals surface area contributed by atoms with E-state index in [1.54, 1.807) is 0 Å². The van der Waals surface area contributed by atoms with Gasteiger partial charge in [0.2, 0.25) is 0 Å². The summed E-state index contributed by atoms with van der Waals surface area (Å²) in [7, 11) is 0. The average molecular weight is 268 g/mol. The predicted molar refractivity (Wildman–Crippen MR) is 67.5 cm³/mol. The Morgan fingerprint density at radius 1 is 1.16 bits per heavy atom. The van der Waals surface area contributed by atoms with Crippen LogP contribution in [0.2, 0.25) is 0 Å². The van der Waals surface area contributed by atoms with Gasteiger partial charge in [0.1, 0.15) is 0 Å². The van der Waals surface area contributed by atoms with E-state index in [-0.39, 0.29) is 6.42 Å². The summed E-state index contributed by atoms with van der Waals surface area (Å²) in [5, 5.41) is 27.3. The van der Waals surface area contributed by atoms with E-state index in [1.165, 1.54) is 6.42 Å². The lowest BCUT2D eigenvalue weighted by molar-refractivity contribution is -0.156. The van der Waals surface area contributed by atoms with Gasteiger partial charge in [-0.1, -0.05) is 12.2 Å². The molecule has 2 aliphatic carbocycles. The van der Waals surface area contributed by atoms with Gasteiger partial charge in [0.05, 0.1) is 6.10 Å². The maximum Gasteiger partial charge on any atom is 0.317 e. The Kier molecular flexibility index (Phi) is 4.24. The van der Waals surface area contributed by atoms with Gasteiger partial charge in [0.25, 0.3) is 0 Å². The average Bonchev–Trinajstić information content (AvgIpc) is 2.94. The van der Waals surface area contributed by atoms with Crippen molar-refractivity contribution in [3.05, 3.63) is 12.2 Å². The van der Waals surface area contributed by atoms with Gasteiger partial charge in [0.15, 0.2) is 5.92 Å². The first-order valence-corrected chi connectivity index (χ1v) is 6.79. The van der Waals surface area contributed by atoms with Crippen molar-refractivity contribution in [2.24, 2.45) is 23.7 Å². The molecule has 3 N–H and O–H groups in total. The number of hydrogen-bond donors (Lipinski definition) is 3. The Bertz CT molecular complexity index is 375. The van der Waals surface area contributed by atoms with Crippen molar-refractivity contribution in [3.8, 4) is 0 Å². The molecule has 0 aromatic heterocycles. The number of aliphatic hydroxyl groups is 1. The van der Waals surface area contributed by atoms with E-state index in [4.69, 9.17) is 10.2 Å². The smallest absolute Gasteiger partial charge is 0.317 e. The molecule has 2 unspecified atom stereocenters. The first-order chi connectivity index (χ1) is 8.97. The zero-order chi connectivity index (χ0) is 14.0. The minimum atomic E-state index is -1.50. The fourth-order valence-electron chi connectivity index (χ4n) is 3.33. The van der Waals surface area contributed by atoms with E-state index in [2.05, 4.69) is 12.2 Å². The first kappa shape index (κ1) is 14.1. The number of carboxylic acid groups (broad SMARTS) is 2. The summed E-state index contributed by atoms with van der Waals surface area (Å²) < 4.78 is 0. The van der Waals surface area contributed by atoms with Gasteiger partial charge in [0, 0.05) is 0 Å². The van der Waals surface area contributed by atoms with Crippen LogP contribution in [0.15, 0.2) is 12.2 Å². The number of carboxylic acids is 2. The molecule has 106 valence electrons. The van der Waals surface area contributed by atoms with Gasteiger partial charge in [-0.3, -0.25) is 9.59 Å². The number of hydrogen-bond acceptors (Lipinski definition) is 3. The van der Waals surface area contributed by atoms with E-state index in [0.29, 0.717) is 24.2 Å².